The van der Waals surface area contributed by atoms with E-state index in [9.17, 15) is 9.50 Å². The maximum absolute atomic E-state index is 13.6. The zero-order valence-corrected chi connectivity index (χ0v) is 9.46. The van der Waals surface area contributed by atoms with Gasteiger partial charge in [0.05, 0.1) is 0 Å². The van der Waals surface area contributed by atoms with E-state index in [-0.39, 0.29) is 11.6 Å². The quantitative estimate of drug-likeness (QED) is 0.793. The Morgan fingerprint density at radius 2 is 2.06 bits per heavy atom. The Hall–Kier alpha value is -1.13. The third-order valence-corrected chi connectivity index (χ3v) is 3.02. The SMILES string of the molecule is Cc1ccc(F)c(CN2CCNCC2)c1O. The molecule has 1 aliphatic rings. The fourth-order valence-corrected chi connectivity index (χ4v) is 1.97. The van der Waals surface area contributed by atoms with Crippen molar-refractivity contribution in [3.63, 3.8) is 0 Å². The van der Waals surface area contributed by atoms with Crippen LogP contribution in [0, 0.1) is 12.7 Å². The van der Waals surface area contributed by atoms with Crippen LogP contribution >= 0.6 is 0 Å². The van der Waals surface area contributed by atoms with Gasteiger partial charge in [-0.15, -0.1) is 0 Å². The summed E-state index contributed by atoms with van der Waals surface area (Å²) in [4.78, 5) is 2.15. The lowest BCUT2D eigenvalue weighted by molar-refractivity contribution is 0.227. The van der Waals surface area contributed by atoms with Gasteiger partial charge in [0, 0.05) is 38.3 Å². The summed E-state index contributed by atoms with van der Waals surface area (Å²) in [5, 5.41) is 13.1. The largest absolute Gasteiger partial charge is 0.507 e. The van der Waals surface area contributed by atoms with Gasteiger partial charge in [-0.05, 0) is 18.6 Å². The number of aryl methyl sites for hydroxylation is 1. The van der Waals surface area contributed by atoms with E-state index in [0.717, 1.165) is 31.7 Å². The lowest BCUT2D eigenvalue weighted by Crippen LogP contribution is -2.43. The first-order valence-electron chi connectivity index (χ1n) is 5.58. The zero-order valence-electron chi connectivity index (χ0n) is 9.46. The van der Waals surface area contributed by atoms with Crippen LogP contribution in [0.3, 0.4) is 0 Å². The van der Waals surface area contributed by atoms with Crippen molar-refractivity contribution in [2.75, 3.05) is 26.2 Å². The van der Waals surface area contributed by atoms with Gasteiger partial charge in [-0.3, -0.25) is 4.90 Å². The van der Waals surface area contributed by atoms with Crippen molar-refractivity contribution >= 4 is 0 Å². The van der Waals surface area contributed by atoms with Crippen LogP contribution in [0.2, 0.25) is 0 Å². The van der Waals surface area contributed by atoms with E-state index in [1.165, 1.54) is 6.07 Å². The molecule has 1 aromatic rings. The molecule has 0 radical (unpaired) electrons. The second-order valence-electron chi connectivity index (χ2n) is 4.22. The van der Waals surface area contributed by atoms with Crippen LogP contribution in [0.5, 0.6) is 5.75 Å². The van der Waals surface area contributed by atoms with Crippen LogP contribution < -0.4 is 5.32 Å². The molecule has 0 unspecified atom stereocenters. The van der Waals surface area contributed by atoms with E-state index in [2.05, 4.69) is 10.2 Å². The van der Waals surface area contributed by atoms with Gasteiger partial charge < -0.3 is 10.4 Å². The van der Waals surface area contributed by atoms with E-state index in [0.29, 0.717) is 12.1 Å². The van der Waals surface area contributed by atoms with Crippen molar-refractivity contribution in [1.82, 2.24) is 10.2 Å². The number of nitrogens with zero attached hydrogens (tertiary/aromatic N) is 1. The summed E-state index contributed by atoms with van der Waals surface area (Å²) in [7, 11) is 0. The third-order valence-electron chi connectivity index (χ3n) is 3.02. The fourth-order valence-electron chi connectivity index (χ4n) is 1.97. The van der Waals surface area contributed by atoms with Crippen LogP contribution in [0.25, 0.3) is 0 Å². The first kappa shape index (κ1) is 11.4. The van der Waals surface area contributed by atoms with Crippen LogP contribution in [0.4, 0.5) is 4.39 Å². The maximum atomic E-state index is 13.6. The number of hydrogen-bond donors (Lipinski definition) is 2. The van der Waals surface area contributed by atoms with Crippen LogP contribution in [-0.2, 0) is 6.54 Å². The summed E-state index contributed by atoms with van der Waals surface area (Å²) in [5.41, 5.74) is 1.15. The average molecular weight is 224 g/mol. The molecular formula is C12H17FN2O. The monoisotopic (exact) mass is 224 g/mol. The lowest BCUT2D eigenvalue weighted by Gasteiger charge is -2.27. The lowest BCUT2D eigenvalue weighted by atomic mass is 10.1. The molecular weight excluding hydrogens is 207 g/mol. The van der Waals surface area contributed by atoms with Gasteiger partial charge in [0.1, 0.15) is 11.6 Å². The molecule has 0 amide bonds. The molecule has 0 atom stereocenters. The van der Waals surface area contributed by atoms with Gasteiger partial charge in [-0.1, -0.05) is 6.07 Å². The number of aromatic hydroxyl groups is 1. The number of benzene rings is 1. The Labute approximate surface area is 94.9 Å². The summed E-state index contributed by atoms with van der Waals surface area (Å²) >= 11 is 0. The molecule has 1 heterocycles. The molecule has 0 aliphatic carbocycles. The standard InChI is InChI=1S/C12H17FN2O/c1-9-2-3-11(13)10(12(9)16)8-15-6-4-14-5-7-15/h2-3,14,16H,4-8H2,1H3. The molecule has 1 aromatic carbocycles. The fraction of sp³-hybridized carbons (Fsp3) is 0.500. The van der Waals surface area contributed by atoms with Gasteiger partial charge in [-0.2, -0.15) is 0 Å². The molecule has 4 heteroatoms. The van der Waals surface area contributed by atoms with Gasteiger partial charge in [0.25, 0.3) is 0 Å². The van der Waals surface area contributed by atoms with Gasteiger partial charge >= 0.3 is 0 Å². The summed E-state index contributed by atoms with van der Waals surface area (Å²) in [5.74, 6) is -0.222. The minimum absolute atomic E-state index is 0.0959. The minimum Gasteiger partial charge on any atom is -0.507 e. The van der Waals surface area contributed by atoms with Crippen molar-refractivity contribution < 1.29 is 9.50 Å². The van der Waals surface area contributed by atoms with Gasteiger partial charge in [0.15, 0.2) is 0 Å². The molecule has 1 saturated heterocycles. The van der Waals surface area contributed by atoms with Gasteiger partial charge in [-0.25, -0.2) is 4.39 Å². The summed E-state index contributed by atoms with van der Waals surface area (Å²) < 4.78 is 13.6. The van der Waals surface area contributed by atoms with E-state index < -0.39 is 0 Å². The topological polar surface area (TPSA) is 35.5 Å². The number of piperazine rings is 1. The molecule has 0 spiro atoms. The third kappa shape index (κ3) is 2.33. The number of halogens is 1. The summed E-state index contributed by atoms with van der Waals surface area (Å²) in [6.07, 6.45) is 0. The van der Waals surface area contributed by atoms with Crippen LogP contribution in [0.15, 0.2) is 12.1 Å². The highest BCUT2D eigenvalue weighted by Gasteiger charge is 2.16. The van der Waals surface area contributed by atoms with Crippen molar-refractivity contribution in [3.8, 4) is 5.75 Å². The van der Waals surface area contributed by atoms with E-state index >= 15 is 0 Å². The molecule has 0 saturated carbocycles. The number of nitrogens with one attached hydrogen (secondary N) is 1. The predicted octanol–water partition coefficient (Wildman–Crippen LogP) is 1.24. The second kappa shape index (κ2) is 4.80. The maximum Gasteiger partial charge on any atom is 0.131 e. The first-order valence-corrected chi connectivity index (χ1v) is 5.58. The molecule has 1 fully saturated rings. The molecule has 88 valence electrons. The number of rotatable bonds is 2. The smallest absolute Gasteiger partial charge is 0.131 e. The minimum atomic E-state index is -0.318. The highest BCUT2D eigenvalue weighted by atomic mass is 19.1. The molecule has 0 aromatic heterocycles. The Bertz CT molecular complexity index is 376. The van der Waals surface area contributed by atoms with Crippen molar-refractivity contribution in [2.45, 2.75) is 13.5 Å². The highest BCUT2D eigenvalue weighted by molar-refractivity contribution is 5.40. The Kier molecular flexibility index (Phi) is 3.41. The Morgan fingerprint density at radius 3 is 2.75 bits per heavy atom. The molecule has 0 bridgehead atoms. The Balaban J connectivity index is 2.16. The van der Waals surface area contributed by atoms with E-state index in [4.69, 9.17) is 0 Å². The van der Waals surface area contributed by atoms with Crippen LogP contribution in [-0.4, -0.2) is 36.2 Å². The molecule has 3 nitrogen and oxygen atoms in total. The van der Waals surface area contributed by atoms with Crippen molar-refractivity contribution in [2.24, 2.45) is 0 Å². The number of hydrogen-bond acceptors (Lipinski definition) is 3. The molecule has 2 rings (SSSR count). The average Bonchev–Trinajstić information content (AvgIpc) is 2.31. The predicted molar refractivity (Wildman–Crippen MR) is 60.9 cm³/mol. The van der Waals surface area contributed by atoms with Gasteiger partial charge in [0.2, 0.25) is 0 Å². The van der Waals surface area contributed by atoms with E-state index in [1.54, 1.807) is 13.0 Å². The van der Waals surface area contributed by atoms with Crippen molar-refractivity contribution in [1.29, 1.82) is 0 Å². The van der Waals surface area contributed by atoms with Crippen LogP contribution in [0.1, 0.15) is 11.1 Å². The molecule has 2 N–H and O–H groups in total. The van der Waals surface area contributed by atoms with E-state index in [1.807, 2.05) is 0 Å². The summed E-state index contributed by atoms with van der Waals surface area (Å²) in [6.45, 7) is 5.92. The highest BCUT2D eigenvalue weighted by Crippen LogP contribution is 2.25. The molecule has 1 aliphatic heterocycles. The number of phenolic OH excluding ortho intramolecular Hbond substituents is 1. The number of phenols is 1. The van der Waals surface area contributed by atoms with Crippen molar-refractivity contribution in [3.05, 3.63) is 29.1 Å². The molecule has 16 heavy (non-hydrogen) atoms. The zero-order chi connectivity index (χ0) is 11.5. The normalized spacial score (nSPS) is 17.6. The summed E-state index contributed by atoms with van der Waals surface area (Å²) in [6, 6.07) is 3.03. The first-order chi connectivity index (χ1) is 7.68. The second-order valence-corrected chi connectivity index (χ2v) is 4.22. The Morgan fingerprint density at radius 1 is 1.38 bits per heavy atom.